The first-order valence-electron chi connectivity index (χ1n) is 5.80. The number of hydrogen-bond donors (Lipinski definition) is 1. The minimum Gasteiger partial charge on any atom is -0.351 e. The van der Waals surface area contributed by atoms with Gasteiger partial charge < -0.3 is 5.32 Å². The molecule has 1 aromatic carbocycles. The molecule has 0 radical (unpaired) electrons. The van der Waals surface area contributed by atoms with Crippen molar-refractivity contribution in [1.82, 2.24) is 5.32 Å². The van der Waals surface area contributed by atoms with E-state index in [2.05, 4.69) is 5.32 Å². The van der Waals surface area contributed by atoms with E-state index in [0.717, 1.165) is 18.4 Å². The third kappa shape index (κ3) is 1.27. The number of carbonyl (C=O) groups is 1. The molecular formula is C13H14FNO. The van der Waals surface area contributed by atoms with Crippen LogP contribution in [0.4, 0.5) is 4.39 Å². The van der Waals surface area contributed by atoms with E-state index in [9.17, 15) is 9.18 Å². The molecule has 3 rings (SSSR count). The second-order valence-electron chi connectivity index (χ2n) is 4.86. The van der Waals surface area contributed by atoms with Gasteiger partial charge in [0.25, 0.3) is 5.91 Å². The number of nitrogens with one attached hydrogen (secondary N) is 1. The van der Waals surface area contributed by atoms with Gasteiger partial charge in [0.2, 0.25) is 0 Å². The van der Waals surface area contributed by atoms with Gasteiger partial charge in [0.1, 0.15) is 5.82 Å². The van der Waals surface area contributed by atoms with Crippen molar-refractivity contribution in [3.63, 3.8) is 0 Å². The highest BCUT2D eigenvalue weighted by molar-refractivity contribution is 5.97. The summed E-state index contributed by atoms with van der Waals surface area (Å²) in [5.41, 5.74) is 1.59. The number of amides is 1. The van der Waals surface area contributed by atoms with E-state index in [1.165, 1.54) is 18.9 Å². The van der Waals surface area contributed by atoms with Crippen LogP contribution < -0.4 is 5.32 Å². The molecule has 2 nitrogen and oxygen atoms in total. The molecule has 1 heterocycles. The van der Waals surface area contributed by atoms with Gasteiger partial charge in [0.15, 0.2) is 0 Å². The number of carbonyl (C=O) groups excluding carboxylic acids is 1. The third-order valence-electron chi connectivity index (χ3n) is 3.95. The Kier molecular flexibility index (Phi) is 2.03. The molecule has 0 atom stereocenters. The van der Waals surface area contributed by atoms with E-state index in [-0.39, 0.29) is 17.1 Å². The van der Waals surface area contributed by atoms with Crippen LogP contribution in [-0.2, 0) is 5.41 Å². The van der Waals surface area contributed by atoms with E-state index < -0.39 is 0 Å². The molecule has 3 heteroatoms. The number of hydrogen-bond acceptors (Lipinski definition) is 1. The summed E-state index contributed by atoms with van der Waals surface area (Å²) in [4.78, 5) is 11.7. The lowest BCUT2D eigenvalue weighted by Gasteiger charge is -2.35. The van der Waals surface area contributed by atoms with Crippen LogP contribution in [0.15, 0.2) is 18.2 Å². The summed E-state index contributed by atoms with van der Waals surface area (Å²) in [7, 11) is 0. The van der Waals surface area contributed by atoms with Crippen LogP contribution in [0.1, 0.15) is 41.6 Å². The van der Waals surface area contributed by atoms with Crippen LogP contribution in [0.3, 0.4) is 0 Å². The maximum Gasteiger partial charge on any atom is 0.251 e. The second-order valence-corrected chi connectivity index (χ2v) is 4.86. The Labute approximate surface area is 93.9 Å². The third-order valence-corrected chi connectivity index (χ3v) is 3.95. The fourth-order valence-electron chi connectivity index (χ4n) is 3.09. The van der Waals surface area contributed by atoms with Gasteiger partial charge in [0.05, 0.1) is 0 Å². The van der Waals surface area contributed by atoms with Crippen molar-refractivity contribution in [3.8, 4) is 0 Å². The number of rotatable bonds is 0. The first kappa shape index (κ1) is 9.82. The summed E-state index contributed by atoms with van der Waals surface area (Å²) in [5, 5.41) is 2.93. The fourth-order valence-corrected chi connectivity index (χ4v) is 3.09. The normalized spacial score (nSPS) is 21.9. The number of fused-ring (bicyclic) bond motifs is 2. The van der Waals surface area contributed by atoms with E-state index in [1.807, 2.05) is 0 Å². The zero-order chi connectivity index (χ0) is 11.2. The minimum atomic E-state index is -0.236. The molecule has 1 N–H and O–H groups in total. The molecule has 1 fully saturated rings. The predicted molar refractivity (Wildman–Crippen MR) is 58.9 cm³/mol. The van der Waals surface area contributed by atoms with Crippen molar-refractivity contribution in [3.05, 3.63) is 35.1 Å². The van der Waals surface area contributed by atoms with Gasteiger partial charge in [-0.1, -0.05) is 12.8 Å². The summed E-state index contributed by atoms with van der Waals surface area (Å²) < 4.78 is 13.3. The topological polar surface area (TPSA) is 29.1 Å². The highest BCUT2D eigenvalue weighted by Crippen LogP contribution is 2.43. The Morgan fingerprint density at radius 3 is 2.75 bits per heavy atom. The van der Waals surface area contributed by atoms with E-state index in [0.29, 0.717) is 12.1 Å². The molecule has 0 saturated heterocycles. The Morgan fingerprint density at radius 2 is 2.00 bits per heavy atom. The van der Waals surface area contributed by atoms with Crippen molar-refractivity contribution in [1.29, 1.82) is 0 Å². The molecule has 1 spiro atoms. The molecule has 1 aliphatic carbocycles. The Hall–Kier alpha value is -1.38. The van der Waals surface area contributed by atoms with Crippen molar-refractivity contribution in [2.45, 2.75) is 31.1 Å². The van der Waals surface area contributed by atoms with Gasteiger partial charge in [-0.25, -0.2) is 4.39 Å². The first-order valence-corrected chi connectivity index (χ1v) is 5.80. The van der Waals surface area contributed by atoms with Crippen LogP contribution in [0.25, 0.3) is 0 Å². The lowest BCUT2D eigenvalue weighted by molar-refractivity contribution is 0.0924. The number of benzene rings is 1. The van der Waals surface area contributed by atoms with Crippen molar-refractivity contribution < 1.29 is 9.18 Å². The van der Waals surface area contributed by atoms with Crippen molar-refractivity contribution in [2.75, 3.05) is 6.54 Å². The lowest BCUT2D eigenvalue weighted by Crippen LogP contribution is -2.45. The smallest absolute Gasteiger partial charge is 0.251 e. The van der Waals surface area contributed by atoms with Crippen molar-refractivity contribution >= 4 is 5.91 Å². The van der Waals surface area contributed by atoms with E-state index in [1.54, 1.807) is 12.1 Å². The Bertz CT molecular complexity index is 449. The number of halogens is 1. The average molecular weight is 219 g/mol. The van der Waals surface area contributed by atoms with Crippen LogP contribution >= 0.6 is 0 Å². The Morgan fingerprint density at radius 1 is 1.25 bits per heavy atom. The molecule has 0 unspecified atom stereocenters. The molecule has 2 aliphatic rings. The van der Waals surface area contributed by atoms with Gasteiger partial charge in [-0.2, -0.15) is 0 Å². The average Bonchev–Trinajstić information content (AvgIpc) is 2.74. The van der Waals surface area contributed by atoms with Crippen LogP contribution in [0, 0.1) is 5.82 Å². The zero-order valence-electron chi connectivity index (χ0n) is 9.05. The molecule has 1 aromatic rings. The SMILES string of the molecule is O=C1NCC2(CCCC2)c2cc(F)ccc21. The summed E-state index contributed by atoms with van der Waals surface area (Å²) >= 11 is 0. The summed E-state index contributed by atoms with van der Waals surface area (Å²) in [6.07, 6.45) is 4.46. The zero-order valence-corrected chi connectivity index (χ0v) is 9.05. The van der Waals surface area contributed by atoms with E-state index in [4.69, 9.17) is 0 Å². The van der Waals surface area contributed by atoms with Gasteiger partial charge in [0, 0.05) is 17.5 Å². The van der Waals surface area contributed by atoms with E-state index >= 15 is 0 Å². The van der Waals surface area contributed by atoms with Crippen LogP contribution in [-0.4, -0.2) is 12.5 Å². The molecule has 1 saturated carbocycles. The minimum absolute atomic E-state index is 0.00530. The quantitative estimate of drug-likeness (QED) is 0.713. The molecule has 16 heavy (non-hydrogen) atoms. The van der Waals surface area contributed by atoms with Gasteiger partial charge in [-0.3, -0.25) is 4.79 Å². The predicted octanol–water partition coefficient (Wildman–Crippen LogP) is 2.38. The Balaban J connectivity index is 2.18. The summed E-state index contributed by atoms with van der Waals surface area (Å²) in [6, 6.07) is 4.53. The van der Waals surface area contributed by atoms with Gasteiger partial charge >= 0.3 is 0 Å². The lowest BCUT2D eigenvalue weighted by atomic mass is 9.74. The van der Waals surface area contributed by atoms with Crippen molar-refractivity contribution in [2.24, 2.45) is 0 Å². The van der Waals surface area contributed by atoms with Crippen LogP contribution in [0.5, 0.6) is 0 Å². The second kappa shape index (κ2) is 3.30. The van der Waals surface area contributed by atoms with Crippen LogP contribution in [0.2, 0.25) is 0 Å². The summed E-state index contributed by atoms with van der Waals surface area (Å²) in [5.74, 6) is -0.299. The highest BCUT2D eigenvalue weighted by Gasteiger charge is 2.41. The highest BCUT2D eigenvalue weighted by atomic mass is 19.1. The molecule has 84 valence electrons. The molecule has 0 bridgehead atoms. The maximum atomic E-state index is 13.3. The standard InChI is InChI=1S/C13H14FNO/c14-9-3-4-10-11(7-9)13(5-1-2-6-13)8-15-12(10)16/h3-4,7H,1-2,5-6,8H2,(H,15,16). The fraction of sp³-hybridized carbons (Fsp3) is 0.462. The molecule has 0 aromatic heterocycles. The molecule has 1 amide bonds. The first-order chi connectivity index (χ1) is 7.71. The largest absolute Gasteiger partial charge is 0.351 e. The summed E-state index contributed by atoms with van der Waals surface area (Å²) in [6.45, 7) is 0.669. The van der Waals surface area contributed by atoms with Gasteiger partial charge in [-0.05, 0) is 36.6 Å². The maximum absolute atomic E-state index is 13.3. The van der Waals surface area contributed by atoms with Gasteiger partial charge in [-0.15, -0.1) is 0 Å². The molecule has 1 aliphatic heterocycles. The molecular weight excluding hydrogens is 205 g/mol. The monoisotopic (exact) mass is 219 g/mol.